The van der Waals surface area contributed by atoms with Crippen molar-refractivity contribution in [2.45, 2.75) is 6.42 Å². The van der Waals surface area contributed by atoms with Gasteiger partial charge in [-0.2, -0.15) is 0 Å². The Morgan fingerprint density at radius 2 is 2.06 bits per heavy atom. The van der Waals surface area contributed by atoms with Crippen molar-refractivity contribution in [2.24, 2.45) is 0 Å². The minimum atomic E-state index is 0.466. The molecule has 0 bridgehead atoms. The highest BCUT2D eigenvalue weighted by atomic mass is 32.1. The summed E-state index contributed by atoms with van der Waals surface area (Å²) < 4.78 is 0. The number of anilines is 2. The van der Waals surface area contributed by atoms with E-state index in [0.717, 1.165) is 17.0 Å². The first kappa shape index (κ1) is 10.0. The summed E-state index contributed by atoms with van der Waals surface area (Å²) >= 11 is 1.42. The van der Waals surface area contributed by atoms with E-state index in [1.165, 1.54) is 11.3 Å². The largest absolute Gasteiger partial charge is 0.384 e. The molecule has 0 spiro atoms. The van der Waals surface area contributed by atoms with Crippen molar-refractivity contribution in [3.63, 3.8) is 0 Å². The van der Waals surface area contributed by atoms with Gasteiger partial charge in [-0.05, 0) is 12.1 Å². The van der Waals surface area contributed by atoms with E-state index in [2.05, 4.69) is 19.9 Å². The number of imidazole rings is 1. The maximum atomic E-state index is 5.60. The van der Waals surface area contributed by atoms with E-state index >= 15 is 0 Å². The lowest BCUT2D eigenvalue weighted by atomic mass is 10.3. The molecule has 0 radical (unpaired) electrons. The molecule has 17 heavy (non-hydrogen) atoms. The fourth-order valence-electron chi connectivity index (χ4n) is 1.62. The van der Waals surface area contributed by atoms with Crippen LogP contribution in [0, 0.1) is 0 Å². The minimum absolute atomic E-state index is 0.466. The topological polar surface area (TPSA) is 106 Å². The van der Waals surface area contributed by atoms with Crippen LogP contribution in [-0.2, 0) is 6.42 Å². The van der Waals surface area contributed by atoms with Crippen LogP contribution < -0.4 is 11.5 Å². The molecule has 0 unspecified atom stereocenters. The van der Waals surface area contributed by atoms with Crippen LogP contribution in [-0.4, -0.2) is 19.9 Å². The van der Waals surface area contributed by atoms with Crippen molar-refractivity contribution in [3.05, 3.63) is 29.0 Å². The molecule has 0 aliphatic carbocycles. The van der Waals surface area contributed by atoms with Crippen molar-refractivity contribution in [1.29, 1.82) is 0 Å². The van der Waals surface area contributed by atoms with Crippen LogP contribution in [0.3, 0.4) is 0 Å². The Labute approximate surface area is 101 Å². The second-order valence-electron chi connectivity index (χ2n) is 3.64. The number of rotatable bonds is 2. The van der Waals surface area contributed by atoms with E-state index in [4.69, 9.17) is 11.5 Å². The highest BCUT2D eigenvalue weighted by Crippen LogP contribution is 2.16. The summed E-state index contributed by atoms with van der Waals surface area (Å²) in [6.45, 7) is 0. The summed E-state index contributed by atoms with van der Waals surface area (Å²) in [5.74, 6) is 1.27. The van der Waals surface area contributed by atoms with Crippen LogP contribution in [0.2, 0.25) is 0 Å². The van der Waals surface area contributed by atoms with Gasteiger partial charge in [0.15, 0.2) is 10.8 Å². The summed E-state index contributed by atoms with van der Waals surface area (Å²) in [4.78, 5) is 15.9. The molecule has 0 saturated carbocycles. The van der Waals surface area contributed by atoms with Gasteiger partial charge in [-0.1, -0.05) is 0 Å². The number of fused-ring (bicyclic) bond motifs is 1. The lowest BCUT2D eigenvalue weighted by molar-refractivity contribution is 1.000. The number of aromatic nitrogens is 4. The molecule has 0 amide bonds. The lowest BCUT2D eigenvalue weighted by Crippen LogP contribution is -1.92. The number of aromatic amines is 1. The predicted octanol–water partition coefficient (Wildman–Crippen LogP) is 1.17. The molecule has 5 N–H and O–H groups in total. The number of nitrogens with two attached hydrogens (primary N) is 2. The molecule has 3 heterocycles. The molecule has 0 saturated heterocycles. The summed E-state index contributed by atoms with van der Waals surface area (Å²) in [5, 5.41) is 2.49. The van der Waals surface area contributed by atoms with Gasteiger partial charge in [0, 0.05) is 11.8 Å². The molecule has 3 aromatic rings. The molecule has 0 fully saturated rings. The van der Waals surface area contributed by atoms with E-state index in [-0.39, 0.29) is 0 Å². The molecule has 0 aliphatic heterocycles. The first-order valence-electron chi connectivity index (χ1n) is 5.02. The maximum Gasteiger partial charge on any atom is 0.180 e. The average molecular weight is 246 g/mol. The van der Waals surface area contributed by atoms with Crippen LogP contribution in [0.15, 0.2) is 17.5 Å². The third-order valence-corrected chi connectivity index (χ3v) is 3.06. The van der Waals surface area contributed by atoms with Crippen molar-refractivity contribution >= 4 is 33.5 Å². The van der Waals surface area contributed by atoms with E-state index in [0.29, 0.717) is 23.0 Å². The Morgan fingerprint density at radius 3 is 2.82 bits per heavy atom. The Morgan fingerprint density at radius 1 is 1.18 bits per heavy atom. The van der Waals surface area contributed by atoms with E-state index < -0.39 is 0 Å². The number of nitrogen functional groups attached to an aromatic ring is 2. The van der Waals surface area contributed by atoms with E-state index in [9.17, 15) is 0 Å². The van der Waals surface area contributed by atoms with Crippen molar-refractivity contribution in [1.82, 2.24) is 19.9 Å². The average Bonchev–Trinajstić information content (AvgIpc) is 2.84. The second kappa shape index (κ2) is 3.70. The van der Waals surface area contributed by atoms with Crippen molar-refractivity contribution < 1.29 is 0 Å². The highest BCUT2D eigenvalue weighted by Gasteiger charge is 2.07. The van der Waals surface area contributed by atoms with Gasteiger partial charge >= 0.3 is 0 Å². The molecule has 3 rings (SSSR count). The Bertz CT molecular complexity index is 670. The van der Waals surface area contributed by atoms with Crippen LogP contribution >= 0.6 is 11.3 Å². The molecular formula is C10H10N6S. The number of hydrogen-bond donors (Lipinski definition) is 3. The second-order valence-corrected chi connectivity index (χ2v) is 4.53. The number of hydrogen-bond acceptors (Lipinski definition) is 6. The van der Waals surface area contributed by atoms with Gasteiger partial charge in [0.05, 0.1) is 11.2 Å². The van der Waals surface area contributed by atoms with Crippen LogP contribution in [0.25, 0.3) is 11.2 Å². The molecular weight excluding hydrogens is 236 g/mol. The summed E-state index contributed by atoms with van der Waals surface area (Å²) in [6.07, 6.45) is 0.615. The van der Waals surface area contributed by atoms with Crippen LogP contribution in [0.1, 0.15) is 11.5 Å². The lowest BCUT2D eigenvalue weighted by Gasteiger charge is -1.89. The van der Waals surface area contributed by atoms with Gasteiger partial charge in [-0.15, -0.1) is 11.3 Å². The number of H-pyrrole nitrogens is 1. The Hall–Kier alpha value is -2.15. The third kappa shape index (κ3) is 1.92. The van der Waals surface area contributed by atoms with Gasteiger partial charge in [-0.3, -0.25) is 0 Å². The van der Waals surface area contributed by atoms with Gasteiger partial charge in [0.1, 0.15) is 11.6 Å². The number of nitrogens with one attached hydrogen (secondary N) is 1. The van der Waals surface area contributed by atoms with Crippen molar-refractivity contribution in [2.75, 3.05) is 11.5 Å². The zero-order valence-corrected chi connectivity index (χ0v) is 9.66. The van der Waals surface area contributed by atoms with Crippen molar-refractivity contribution in [3.8, 4) is 0 Å². The molecule has 86 valence electrons. The fourth-order valence-corrected chi connectivity index (χ4v) is 2.18. The Kier molecular flexibility index (Phi) is 2.19. The first-order valence-corrected chi connectivity index (χ1v) is 5.89. The van der Waals surface area contributed by atoms with E-state index in [1.54, 1.807) is 6.07 Å². The minimum Gasteiger partial charge on any atom is -0.384 e. The smallest absolute Gasteiger partial charge is 0.180 e. The molecule has 6 nitrogen and oxygen atoms in total. The maximum absolute atomic E-state index is 5.60. The molecule has 0 aliphatic rings. The van der Waals surface area contributed by atoms with Gasteiger partial charge in [0.25, 0.3) is 0 Å². The number of pyridine rings is 1. The van der Waals surface area contributed by atoms with Gasteiger partial charge < -0.3 is 16.5 Å². The van der Waals surface area contributed by atoms with E-state index in [1.807, 2.05) is 11.4 Å². The fraction of sp³-hybridized carbons (Fsp3) is 0.100. The molecule has 7 heteroatoms. The molecule has 0 atom stereocenters. The zero-order chi connectivity index (χ0) is 11.8. The summed E-state index contributed by atoms with van der Waals surface area (Å²) in [6, 6.07) is 3.61. The number of nitrogens with zero attached hydrogens (tertiary/aromatic N) is 3. The highest BCUT2D eigenvalue weighted by molar-refractivity contribution is 7.13. The van der Waals surface area contributed by atoms with Gasteiger partial charge in [0.2, 0.25) is 0 Å². The predicted molar refractivity (Wildman–Crippen MR) is 67.6 cm³/mol. The van der Waals surface area contributed by atoms with Gasteiger partial charge in [-0.25, -0.2) is 15.0 Å². The molecule has 0 aromatic carbocycles. The van der Waals surface area contributed by atoms with Crippen LogP contribution in [0.5, 0.6) is 0 Å². The quantitative estimate of drug-likeness (QED) is 0.629. The summed E-state index contributed by atoms with van der Waals surface area (Å²) in [7, 11) is 0. The zero-order valence-electron chi connectivity index (χ0n) is 8.84. The molecule has 3 aromatic heterocycles. The Balaban J connectivity index is 1.95. The summed E-state index contributed by atoms with van der Waals surface area (Å²) in [5.41, 5.74) is 13.6. The first-order chi connectivity index (χ1) is 8.20. The number of thiazole rings is 1. The monoisotopic (exact) mass is 246 g/mol. The van der Waals surface area contributed by atoms with Crippen LogP contribution in [0.4, 0.5) is 10.9 Å². The normalized spacial score (nSPS) is 11.1. The SMILES string of the molecule is Nc1ccc2[nH]c(Cc3csc(N)n3)nc2n1. The third-order valence-electron chi connectivity index (χ3n) is 2.33. The standard InChI is InChI=1S/C10H10N6S/c11-7-2-1-6-9(15-7)16-8(14-6)3-5-4-17-10(12)13-5/h1-2,4H,3H2,(H2,12,13)(H3,11,14,15,16).